The van der Waals surface area contributed by atoms with Crippen LogP contribution < -0.4 is 0 Å². The van der Waals surface area contributed by atoms with Gasteiger partial charge in [0.05, 0.1) is 0 Å². The summed E-state index contributed by atoms with van der Waals surface area (Å²) >= 11 is 0. The molecule has 1 aliphatic rings. The fourth-order valence-electron chi connectivity index (χ4n) is 3.19. The fourth-order valence-corrected chi connectivity index (χ4v) is 3.19. The molecule has 1 fully saturated rings. The van der Waals surface area contributed by atoms with Crippen LogP contribution in [0.5, 0.6) is 0 Å². The van der Waals surface area contributed by atoms with Gasteiger partial charge in [0, 0.05) is 5.41 Å². The topological polar surface area (TPSA) is 0 Å². The lowest BCUT2D eigenvalue weighted by Gasteiger charge is -2.19. The Kier molecular flexibility index (Phi) is 2.89. The van der Waals surface area contributed by atoms with Crippen LogP contribution in [0.2, 0.25) is 0 Å². The van der Waals surface area contributed by atoms with Crippen LogP contribution >= 0.6 is 0 Å². The summed E-state index contributed by atoms with van der Waals surface area (Å²) in [7, 11) is 0. The van der Waals surface area contributed by atoms with Crippen LogP contribution in [0.15, 0.2) is 48.5 Å². The summed E-state index contributed by atoms with van der Waals surface area (Å²) in [6.07, 6.45) is 2.13. The van der Waals surface area contributed by atoms with Gasteiger partial charge in [0.25, 0.3) is 0 Å². The molecule has 0 radical (unpaired) electrons. The third kappa shape index (κ3) is 1.95. The molecule has 1 saturated carbocycles. The van der Waals surface area contributed by atoms with E-state index in [0.717, 1.165) is 24.0 Å². The maximum absolute atomic E-state index is 13.1. The van der Waals surface area contributed by atoms with Crippen LogP contribution in [0.25, 0.3) is 0 Å². The molecule has 19 heavy (non-hydrogen) atoms. The zero-order chi connectivity index (χ0) is 13.5. The second-order valence-corrected chi connectivity index (χ2v) is 5.29. The van der Waals surface area contributed by atoms with Gasteiger partial charge in [-0.1, -0.05) is 37.6 Å². The predicted molar refractivity (Wildman–Crippen MR) is 72.0 cm³/mol. The second-order valence-electron chi connectivity index (χ2n) is 5.29. The highest BCUT2D eigenvalue weighted by Crippen LogP contribution is 2.60. The van der Waals surface area contributed by atoms with Gasteiger partial charge in [0.2, 0.25) is 0 Å². The van der Waals surface area contributed by atoms with E-state index in [2.05, 4.69) is 6.92 Å². The molecule has 0 heterocycles. The number of halogens is 2. The summed E-state index contributed by atoms with van der Waals surface area (Å²) in [5.41, 5.74) is 2.22. The summed E-state index contributed by atoms with van der Waals surface area (Å²) in [6.45, 7) is 2.17. The van der Waals surface area contributed by atoms with E-state index in [1.54, 1.807) is 0 Å². The maximum Gasteiger partial charge on any atom is 0.123 e. The summed E-state index contributed by atoms with van der Waals surface area (Å²) in [5.74, 6) is 0.127. The molecule has 2 aromatic rings. The van der Waals surface area contributed by atoms with Crippen molar-refractivity contribution in [2.24, 2.45) is 5.92 Å². The molecule has 0 bridgehead atoms. The molecule has 1 aliphatic carbocycles. The molecule has 3 rings (SSSR count). The lowest BCUT2D eigenvalue weighted by Crippen LogP contribution is -2.12. The molecule has 0 nitrogen and oxygen atoms in total. The Morgan fingerprint density at radius 3 is 1.63 bits per heavy atom. The van der Waals surface area contributed by atoms with Gasteiger partial charge in [-0.2, -0.15) is 0 Å². The Labute approximate surface area is 112 Å². The van der Waals surface area contributed by atoms with Crippen LogP contribution in [0, 0.1) is 17.6 Å². The molecule has 2 aromatic carbocycles. The minimum atomic E-state index is -0.216. The molecular formula is C17H16F2. The lowest BCUT2D eigenvalue weighted by atomic mass is 9.85. The highest BCUT2D eigenvalue weighted by atomic mass is 19.1. The Morgan fingerprint density at radius 2 is 1.32 bits per heavy atom. The van der Waals surface area contributed by atoms with Crippen molar-refractivity contribution in [1.29, 1.82) is 0 Å². The van der Waals surface area contributed by atoms with E-state index in [1.165, 1.54) is 24.3 Å². The Morgan fingerprint density at radius 1 is 0.895 bits per heavy atom. The van der Waals surface area contributed by atoms with Crippen molar-refractivity contribution in [3.63, 3.8) is 0 Å². The van der Waals surface area contributed by atoms with E-state index in [9.17, 15) is 8.78 Å². The number of hydrogen-bond acceptors (Lipinski definition) is 0. The second kappa shape index (κ2) is 4.44. The van der Waals surface area contributed by atoms with Crippen LogP contribution in [0.4, 0.5) is 8.78 Å². The van der Waals surface area contributed by atoms with Gasteiger partial charge < -0.3 is 0 Å². The molecule has 98 valence electrons. The van der Waals surface area contributed by atoms with Crippen molar-refractivity contribution in [3.05, 3.63) is 71.3 Å². The first-order chi connectivity index (χ1) is 9.16. The van der Waals surface area contributed by atoms with Gasteiger partial charge in [-0.15, -0.1) is 0 Å². The van der Waals surface area contributed by atoms with Crippen molar-refractivity contribution < 1.29 is 8.78 Å². The molecule has 0 spiro atoms. The summed E-state index contributed by atoms with van der Waals surface area (Å²) in [6, 6.07) is 13.4. The number of rotatable bonds is 3. The molecule has 0 N–H and O–H groups in total. The quantitative estimate of drug-likeness (QED) is 0.749. The molecule has 0 aromatic heterocycles. The smallest absolute Gasteiger partial charge is 0.123 e. The van der Waals surface area contributed by atoms with Gasteiger partial charge in [0.1, 0.15) is 11.6 Å². The Hall–Kier alpha value is -1.70. The molecule has 0 saturated heterocycles. The summed E-state index contributed by atoms with van der Waals surface area (Å²) in [4.78, 5) is 0. The third-order valence-electron chi connectivity index (χ3n) is 4.32. The highest BCUT2D eigenvalue weighted by molar-refractivity contribution is 5.47. The van der Waals surface area contributed by atoms with Crippen molar-refractivity contribution in [3.8, 4) is 0 Å². The zero-order valence-corrected chi connectivity index (χ0v) is 10.9. The molecule has 0 amide bonds. The van der Waals surface area contributed by atoms with Crippen molar-refractivity contribution in [1.82, 2.24) is 0 Å². The van der Waals surface area contributed by atoms with E-state index in [0.29, 0.717) is 5.92 Å². The number of hydrogen-bond donors (Lipinski definition) is 0. The fraction of sp³-hybridized carbons (Fsp3) is 0.294. The van der Waals surface area contributed by atoms with Gasteiger partial charge in [-0.25, -0.2) is 8.78 Å². The largest absolute Gasteiger partial charge is 0.207 e. The van der Waals surface area contributed by atoms with Crippen LogP contribution in [-0.4, -0.2) is 0 Å². The lowest BCUT2D eigenvalue weighted by molar-refractivity contribution is 0.619. The van der Waals surface area contributed by atoms with Crippen molar-refractivity contribution in [2.45, 2.75) is 25.2 Å². The minimum Gasteiger partial charge on any atom is -0.207 e. The summed E-state index contributed by atoms with van der Waals surface area (Å²) < 4.78 is 26.2. The molecular weight excluding hydrogens is 242 g/mol. The van der Waals surface area contributed by atoms with Crippen molar-refractivity contribution >= 4 is 0 Å². The summed E-state index contributed by atoms with van der Waals surface area (Å²) in [5, 5.41) is 0. The molecule has 2 heteroatoms. The monoisotopic (exact) mass is 258 g/mol. The first-order valence-electron chi connectivity index (χ1n) is 6.69. The van der Waals surface area contributed by atoms with E-state index in [4.69, 9.17) is 0 Å². The molecule has 1 unspecified atom stereocenters. The van der Waals surface area contributed by atoms with E-state index < -0.39 is 0 Å². The molecule has 0 aliphatic heterocycles. The van der Waals surface area contributed by atoms with Crippen LogP contribution in [0.3, 0.4) is 0 Å². The standard InChI is InChI=1S/C17H16F2/c1-2-12-11-17(12,13-3-7-15(18)8-4-13)14-5-9-16(19)10-6-14/h3-10,12H,2,11H2,1H3. The minimum absolute atomic E-state index is 0.0455. The number of benzene rings is 2. The van der Waals surface area contributed by atoms with E-state index >= 15 is 0 Å². The van der Waals surface area contributed by atoms with Gasteiger partial charge in [0.15, 0.2) is 0 Å². The Bertz CT molecular complexity index is 524. The normalized spacial score (nSPS) is 20.3. The average molecular weight is 258 g/mol. The van der Waals surface area contributed by atoms with Crippen LogP contribution in [0.1, 0.15) is 30.9 Å². The first-order valence-corrected chi connectivity index (χ1v) is 6.69. The van der Waals surface area contributed by atoms with Gasteiger partial charge in [-0.3, -0.25) is 0 Å². The van der Waals surface area contributed by atoms with Crippen molar-refractivity contribution in [2.75, 3.05) is 0 Å². The zero-order valence-electron chi connectivity index (χ0n) is 10.9. The SMILES string of the molecule is CCC1CC1(c1ccc(F)cc1)c1ccc(F)cc1. The van der Waals surface area contributed by atoms with Crippen LogP contribution in [-0.2, 0) is 5.41 Å². The maximum atomic E-state index is 13.1. The van der Waals surface area contributed by atoms with Gasteiger partial charge in [-0.05, 0) is 47.7 Å². The average Bonchev–Trinajstić information content (AvgIpc) is 3.16. The Balaban J connectivity index is 2.05. The molecule has 1 atom stereocenters. The third-order valence-corrected chi connectivity index (χ3v) is 4.32. The van der Waals surface area contributed by atoms with Gasteiger partial charge >= 0.3 is 0 Å². The highest BCUT2D eigenvalue weighted by Gasteiger charge is 2.54. The van der Waals surface area contributed by atoms with E-state index in [-0.39, 0.29) is 17.0 Å². The van der Waals surface area contributed by atoms with E-state index in [1.807, 2.05) is 24.3 Å². The predicted octanol–water partition coefficient (Wildman–Crippen LogP) is 4.68. The first kappa shape index (κ1) is 12.3.